The molecule has 0 radical (unpaired) electrons. The lowest BCUT2D eigenvalue weighted by molar-refractivity contribution is -0.389. The lowest BCUT2D eigenvalue weighted by Gasteiger charge is -2.31. The van der Waals surface area contributed by atoms with E-state index in [2.05, 4.69) is 11.9 Å². The van der Waals surface area contributed by atoms with Gasteiger partial charge in [-0.15, -0.1) is 0 Å². The minimum Gasteiger partial charge on any atom is -0.469 e. The first kappa shape index (κ1) is 20.8. The molecule has 1 saturated carbocycles. The van der Waals surface area contributed by atoms with Crippen LogP contribution < -0.4 is 9.64 Å². The Morgan fingerprint density at radius 1 is 1.19 bits per heavy atom. The van der Waals surface area contributed by atoms with Crippen LogP contribution in [0.4, 0.5) is 11.6 Å². The van der Waals surface area contributed by atoms with Gasteiger partial charge < -0.3 is 19.6 Å². The number of esters is 1. The maximum atomic E-state index is 13.2. The maximum absolute atomic E-state index is 13.2. The van der Waals surface area contributed by atoms with Crippen molar-refractivity contribution in [2.75, 3.05) is 11.4 Å². The van der Waals surface area contributed by atoms with Crippen LogP contribution in [0.3, 0.4) is 0 Å². The van der Waals surface area contributed by atoms with E-state index in [-0.39, 0.29) is 17.7 Å². The van der Waals surface area contributed by atoms with Crippen LogP contribution in [0.1, 0.15) is 44.3 Å². The lowest BCUT2D eigenvalue weighted by atomic mass is 9.89. The molecule has 1 aromatic heterocycles. The number of nitro groups is 1. The lowest BCUT2D eigenvalue weighted by Crippen LogP contribution is -2.45. The first-order valence-corrected chi connectivity index (χ1v) is 10.3. The molecule has 1 unspecified atom stereocenters. The van der Waals surface area contributed by atoms with Crippen molar-refractivity contribution in [2.45, 2.75) is 44.8 Å². The Balaban J connectivity index is 1.60. The van der Waals surface area contributed by atoms with E-state index in [1.165, 1.54) is 12.1 Å². The minimum absolute atomic E-state index is 0.0550. The second-order valence-electron chi connectivity index (χ2n) is 7.95. The smallest absolute Gasteiger partial charge is 0.366 e. The van der Waals surface area contributed by atoms with E-state index in [0.717, 1.165) is 30.6 Å². The highest BCUT2D eigenvalue weighted by molar-refractivity contribution is 6.02. The van der Waals surface area contributed by atoms with Crippen molar-refractivity contribution < 1.29 is 24.0 Å². The van der Waals surface area contributed by atoms with Crippen LogP contribution in [-0.4, -0.2) is 34.4 Å². The van der Waals surface area contributed by atoms with E-state index < -0.39 is 35.3 Å². The van der Waals surface area contributed by atoms with Gasteiger partial charge in [0.2, 0.25) is 6.10 Å². The number of benzene rings is 1. The number of aromatic nitrogens is 1. The van der Waals surface area contributed by atoms with E-state index >= 15 is 0 Å². The van der Waals surface area contributed by atoms with Crippen molar-refractivity contribution >= 4 is 23.5 Å². The number of carbonyl (C=O) groups is 2. The van der Waals surface area contributed by atoms with Gasteiger partial charge >= 0.3 is 11.8 Å². The fourth-order valence-corrected chi connectivity index (χ4v) is 3.93. The number of pyridine rings is 1. The third-order valence-electron chi connectivity index (χ3n) is 5.65. The average molecular weight is 425 g/mol. The van der Waals surface area contributed by atoms with Crippen LogP contribution in [0.25, 0.3) is 0 Å². The molecule has 4 rings (SSSR count). The Labute approximate surface area is 179 Å². The quantitative estimate of drug-likeness (QED) is 0.409. The highest BCUT2D eigenvalue weighted by Gasteiger charge is 2.41. The van der Waals surface area contributed by atoms with Gasteiger partial charge in [0.25, 0.3) is 11.7 Å². The predicted molar refractivity (Wildman–Crippen MR) is 111 cm³/mol. The zero-order chi connectivity index (χ0) is 22.0. The van der Waals surface area contributed by atoms with Crippen molar-refractivity contribution in [1.82, 2.24) is 4.98 Å². The fourth-order valence-electron chi connectivity index (χ4n) is 3.93. The summed E-state index contributed by atoms with van der Waals surface area (Å²) in [6, 6.07) is 11.4. The summed E-state index contributed by atoms with van der Waals surface area (Å²) in [5.41, 5.74) is 0.608. The summed E-state index contributed by atoms with van der Waals surface area (Å²) in [5.74, 6) is -0.785. The predicted octanol–water partition coefficient (Wildman–Crippen LogP) is 3.58. The molecule has 1 aromatic carbocycles. The summed E-state index contributed by atoms with van der Waals surface area (Å²) in [5, 5.41) is 11.2. The number of rotatable bonds is 5. The standard InChI is InChI=1S/C22H23N3O6/c1-14-7-9-16(10-8-14)30-19(26)13-24-21-17(11-12-18(23-21)25(28)29)31-20(22(24)27)15-5-3-2-4-6-15/h2-6,11-12,14,16,20H,7-10,13H2,1H3. The second-order valence-corrected chi connectivity index (χ2v) is 7.95. The zero-order valence-electron chi connectivity index (χ0n) is 17.1. The van der Waals surface area contributed by atoms with Gasteiger partial charge in [-0.1, -0.05) is 37.3 Å². The number of ether oxygens (including phenoxy) is 2. The number of nitrogens with zero attached hydrogens (tertiary/aromatic N) is 3. The van der Waals surface area contributed by atoms with Crippen molar-refractivity contribution in [2.24, 2.45) is 5.92 Å². The molecule has 1 aliphatic heterocycles. The topological polar surface area (TPSA) is 112 Å². The van der Waals surface area contributed by atoms with E-state index in [4.69, 9.17) is 9.47 Å². The van der Waals surface area contributed by atoms with Gasteiger partial charge in [0.15, 0.2) is 5.75 Å². The Morgan fingerprint density at radius 2 is 1.90 bits per heavy atom. The zero-order valence-corrected chi connectivity index (χ0v) is 17.1. The number of hydrogen-bond donors (Lipinski definition) is 0. The van der Waals surface area contributed by atoms with Gasteiger partial charge in [-0.3, -0.25) is 14.5 Å². The fraction of sp³-hybridized carbons (Fsp3) is 0.409. The van der Waals surface area contributed by atoms with Crippen LogP contribution in [0.2, 0.25) is 0 Å². The van der Waals surface area contributed by atoms with Gasteiger partial charge in [0, 0.05) is 11.6 Å². The summed E-state index contributed by atoms with van der Waals surface area (Å²) < 4.78 is 11.4. The minimum atomic E-state index is -0.986. The van der Waals surface area contributed by atoms with E-state index in [1.54, 1.807) is 24.3 Å². The third kappa shape index (κ3) is 4.50. The average Bonchev–Trinajstić information content (AvgIpc) is 2.77. The number of fused-ring (bicyclic) bond motifs is 1. The first-order chi connectivity index (χ1) is 14.9. The Bertz CT molecular complexity index is 988. The van der Waals surface area contributed by atoms with Crippen molar-refractivity contribution in [3.63, 3.8) is 0 Å². The Hall–Kier alpha value is -3.49. The van der Waals surface area contributed by atoms with E-state index in [0.29, 0.717) is 11.5 Å². The van der Waals surface area contributed by atoms with Crippen LogP contribution in [0.15, 0.2) is 42.5 Å². The summed E-state index contributed by atoms with van der Waals surface area (Å²) >= 11 is 0. The molecule has 9 nitrogen and oxygen atoms in total. The molecule has 0 spiro atoms. The van der Waals surface area contributed by atoms with Crippen LogP contribution in [0.5, 0.6) is 5.75 Å². The van der Waals surface area contributed by atoms with Gasteiger partial charge in [-0.05, 0) is 47.6 Å². The molecule has 9 heteroatoms. The monoisotopic (exact) mass is 425 g/mol. The molecule has 31 heavy (non-hydrogen) atoms. The van der Waals surface area contributed by atoms with Gasteiger partial charge in [0.05, 0.1) is 0 Å². The molecule has 1 atom stereocenters. The molecule has 2 aliphatic rings. The van der Waals surface area contributed by atoms with Gasteiger partial charge in [-0.2, -0.15) is 0 Å². The number of anilines is 1. The molecular formula is C22H23N3O6. The van der Waals surface area contributed by atoms with Gasteiger partial charge in [0.1, 0.15) is 12.6 Å². The Kier molecular flexibility index (Phi) is 5.83. The molecule has 1 fully saturated rings. The maximum Gasteiger partial charge on any atom is 0.366 e. The van der Waals surface area contributed by atoms with E-state index in [9.17, 15) is 19.7 Å². The third-order valence-corrected chi connectivity index (χ3v) is 5.65. The molecule has 2 aromatic rings. The molecule has 2 heterocycles. The van der Waals surface area contributed by atoms with Crippen molar-refractivity contribution in [3.8, 4) is 5.75 Å². The molecule has 0 N–H and O–H groups in total. The first-order valence-electron chi connectivity index (χ1n) is 10.3. The highest BCUT2D eigenvalue weighted by Crippen LogP contribution is 2.38. The summed E-state index contributed by atoms with van der Waals surface area (Å²) in [4.78, 5) is 41.5. The Morgan fingerprint density at radius 3 is 2.58 bits per heavy atom. The SMILES string of the molecule is CC1CCC(OC(=O)CN2C(=O)C(c3ccccc3)Oc3ccc([N+](=O)[O-])nc32)CC1. The number of amides is 1. The largest absolute Gasteiger partial charge is 0.469 e. The van der Waals surface area contributed by atoms with Crippen LogP contribution in [0, 0.1) is 16.0 Å². The van der Waals surface area contributed by atoms with Crippen molar-refractivity contribution in [1.29, 1.82) is 0 Å². The normalized spacial score (nSPS) is 22.9. The van der Waals surface area contributed by atoms with Crippen LogP contribution in [-0.2, 0) is 14.3 Å². The van der Waals surface area contributed by atoms with Gasteiger partial charge in [-0.25, -0.2) is 0 Å². The molecular weight excluding hydrogens is 402 g/mol. The molecule has 0 bridgehead atoms. The molecule has 0 saturated heterocycles. The summed E-state index contributed by atoms with van der Waals surface area (Å²) in [6.45, 7) is 1.78. The number of hydrogen-bond acceptors (Lipinski definition) is 7. The summed E-state index contributed by atoms with van der Waals surface area (Å²) in [6.07, 6.45) is 2.39. The highest BCUT2D eigenvalue weighted by atomic mass is 16.6. The molecule has 1 aliphatic carbocycles. The number of carbonyl (C=O) groups excluding carboxylic acids is 2. The van der Waals surface area contributed by atoms with Crippen LogP contribution >= 0.6 is 0 Å². The molecule has 162 valence electrons. The van der Waals surface area contributed by atoms with Crippen molar-refractivity contribution in [3.05, 3.63) is 58.1 Å². The molecule has 1 amide bonds. The summed E-state index contributed by atoms with van der Waals surface area (Å²) in [7, 11) is 0. The second kappa shape index (κ2) is 8.71. The van der Waals surface area contributed by atoms with E-state index in [1.807, 2.05) is 6.07 Å².